The van der Waals surface area contributed by atoms with E-state index < -0.39 is 5.76 Å². The highest BCUT2D eigenvalue weighted by Gasteiger charge is 2.35. The van der Waals surface area contributed by atoms with Crippen LogP contribution in [-0.4, -0.2) is 34.5 Å². The van der Waals surface area contributed by atoms with Crippen molar-refractivity contribution in [3.05, 3.63) is 74.4 Å². The standard InChI is InChI=1S/C27H26Cl2N4O4/c1-15-13-33(18-9-7-17(8-10-18)26-30-27(34)37-32-26)12-11-22(15)35-14-19-24(31-36-25(19)16-5-6-16)23-20(28)3-2-4-21(23)29/h2-4,7-10,15-16,22H,5-6,11-14H2,1H3,(H,30,32,34)/t15-,22+/m0/s1. The van der Waals surface area contributed by atoms with Gasteiger partial charge in [-0.2, -0.15) is 0 Å². The lowest BCUT2D eigenvalue weighted by atomic mass is 9.95. The molecule has 1 aliphatic heterocycles. The molecule has 2 aromatic carbocycles. The van der Waals surface area contributed by atoms with Crippen molar-refractivity contribution in [2.75, 3.05) is 18.0 Å². The summed E-state index contributed by atoms with van der Waals surface area (Å²) in [7, 11) is 0. The molecule has 2 fully saturated rings. The lowest BCUT2D eigenvalue weighted by Crippen LogP contribution is -2.43. The molecule has 37 heavy (non-hydrogen) atoms. The van der Waals surface area contributed by atoms with Crippen molar-refractivity contribution in [3.63, 3.8) is 0 Å². The highest BCUT2D eigenvalue weighted by Crippen LogP contribution is 2.46. The summed E-state index contributed by atoms with van der Waals surface area (Å²) in [4.78, 5) is 16.2. The van der Waals surface area contributed by atoms with Crippen molar-refractivity contribution in [2.45, 2.75) is 44.8 Å². The molecule has 1 aliphatic carbocycles. The van der Waals surface area contributed by atoms with Gasteiger partial charge in [-0.1, -0.05) is 46.5 Å². The fraction of sp³-hybridized carbons (Fsp3) is 0.370. The molecule has 0 spiro atoms. The Morgan fingerprint density at radius 3 is 2.46 bits per heavy atom. The molecule has 2 atom stereocenters. The lowest BCUT2D eigenvalue weighted by Gasteiger charge is -2.38. The number of anilines is 1. The topological polar surface area (TPSA) is 97.4 Å². The predicted octanol–water partition coefficient (Wildman–Crippen LogP) is 6.30. The van der Waals surface area contributed by atoms with E-state index in [9.17, 15) is 4.79 Å². The van der Waals surface area contributed by atoms with Gasteiger partial charge >= 0.3 is 5.76 Å². The summed E-state index contributed by atoms with van der Waals surface area (Å²) in [6.07, 6.45) is 3.19. The number of aromatic amines is 1. The average molecular weight is 541 g/mol. The van der Waals surface area contributed by atoms with Gasteiger partial charge in [0, 0.05) is 41.4 Å². The Morgan fingerprint density at radius 1 is 1.05 bits per heavy atom. The van der Waals surface area contributed by atoms with E-state index in [2.05, 4.69) is 31.6 Å². The molecular formula is C27H26Cl2N4O4. The van der Waals surface area contributed by atoms with E-state index >= 15 is 0 Å². The number of nitrogens with zero attached hydrogens (tertiary/aromatic N) is 3. The summed E-state index contributed by atoms with van der Waals surface area (Å²) >= 11 is 13.0. The van der Waals surface area contributed by atoms with E-state index in [4.69, 9.17) is 32.5 Å². The number of aromatic nitrogens is 3. The monoisotopic (exact) mass is 540 g/mol. The zero-order valence-corrected chi connectivity index (χ0v) is 21.8. The molecular weight excluding hydrogens is 515 g/mol. The van der Waals surface area contributed by atoms with E-state index in [-0.39, 0.29) is 6.10 Å². The normalized spacial score (nSPS) is 19.9. The first-order valence-electron chi connectivity index (χ1n) is 12.4. The Labute approximate surface area is 223 Å². The van der Waals surface area contributed by atoms with Crippen molar-refractivity contribution >= 4 is 28.9 Å². The Hall–Kier alpha value is -3.07. The number of H-pyrrole nitrogens is 1. The number of benzene rings is 2. The van der Waals surface area contributed by atoms with Crippen LogP contribution in [0.3, 0.4) is 0 Å². The van der Waals surface area contributed by atoms with Gasteiger partial charge in [-0.25, -0.2) is 4.79 Å². The Bertz CT molecular complexity index is 1440. The van der Waals surface area contributed by atoms with Crippen LogP contribution < -0.4 is 10.7 Å². The summed E-state index contributed by atoms with van der Waals surface area (Å²) in [5.74, 6) is 1.46. The molecule has 0 bridgehead atoms. The fourth-order valence-electron chi connectivity index (χ4n) is 5.03. The fourth-order valence-corrected chi connectivity index (χ4v) is 5.61. The maximum absolute atomic E-state index is 11.2. The van der Waals surface area contributed by atoms with Gasteiger partial charge in [-0.05, 0) is 61.6 Å². The van der Waals surface area contributed by atoms with E-state index in [1.807, 2.05) is 42.5 Å². The number of hydrogen-bond acceptors (Lipinski definition) is 7. The van der Waals surface area contributed by atoms with Gasteiger partial charge in [0.25, 0.3) is 0 Å². The van der Waals surface area contributed by atoms with Gasteiger partial charge in [0.05, 0.1) is 22.8 Å². The molecule has 4 aromatic rings. The van der Waals surface area contributed by atoms with Gasteiger partial charge in [0.2, 0.25) is 0 Å². The summed E-state index contributed by atoms with van der Waals surface area (Å²) in [5.41, 5.74) is 4.24. The second kappa shape index (κ2) is 10.0. The van der Waals surface area contributed by atoms with Crippen LogP contribution >= 0.6 is 23.2 Å². The van der Waals surface area contributed by atoms with Crippen LogP contribution in [0.5, 0.6) is 0 Å². The van der Waals surface area contributed by atoms with Gasteiger partial charge in [0.15, 0.2) is 5.82 Å². The van der Waals surface area contributed by atoms with Crippen molar-refractivity contribution < 1.29 is 13.8 Å². The van der Waals surface area contributed by atoms with Crippen LogP contribution in [0.2, 0.25) is 10.0 Å². The SMILES string of the molecule is C[C@H]1CN(c2ccc(-c3noc(=O)[nH]3)cc2)CC[C@H]1OCc1c(-c2c(Cl)cccc2Cl)noc1C1CC1. The third kappa shape index (κ3) is 4.93. The molecule has 10 heteroatoms. The molecule has 192 valence electrons. The number of hydrogen-bond donors (Lipinski definition) is 1. The van der Waals surface area contributed by atoms with Crippen molar-refractivity contribution in [1.82, 2.24) is 15.3 Å². The molecule has 6 rings (SSSR count). The summed E-state index contributed by atoms with van der Waals surface area (Å²) in [6, 6.07) is 13.4. The first-order valence-corrected chi connectivity index (χ1v) is 13.2. The van der Waals surface area contributed by atoms with Crippen molar-refractivity contribution in [2.24, 2.45) is 5.92 Å². The number of piperidine rings is 1. The molecule has 0 radical (unpaired) electrons. The van der Waals surface area contributed by atoms with Gasteiger partial charge in [0.1, 0.15) is 11.5 Å². The average Bonchev–Trinajstić information content (AvgIpc) is 3.51. The number of nitrogens with one attached hydrogen (secondary N) is 1. The highest BCUT2D eigenvalue weighted by molar-refractivity contribution is 6.39. The van der Waals surface area contributed by atoms with Crippen LogP contribution in [-0.2, 0) is 11.3 Å². The van der Waals surface area contributed by atoms with E-state index in [0.29, 0.717) is 45.6 Å². The zero-order valence-electron chi connectivity index (χ0n) is 20.2. The number of ether oxygens (including phenoxy) is 1. The summed E-state index contributed by atoms with van der Waals surface area (Å²) in [5, 5.41) is 9.22. The van der Waals surface area contributed by atoms with Crippen LogP contribution in [0.1, 0.15) is 43.4 Å². The smallest absolute Gasteiger partial charge is 0.373 e. The molecule has 8 nitrogen and oxygen atoms in total. The van der Waals surface area contributed by atoms with Crippen molar-refractivity contribution in [3.8, 4) is 22.6 Å². The molecule has 0 amide bonds. The first kappa shape index (κ1) is 24.3. The van der Waals surface area contributed by atoms with Gasteiger partial charge in [-0.15, -0.1) is 0 Å². The molecule has 1 N–H and O–H groups in total. The summed E-state index contributed by atoms with van der Waals surface area (Å²) < 4.78 is 16.9. The van der Waals surface area contributed by atoms with E-state index in [1.165, 1.54) is 0 Å². The van der Waals surface area contributed by atoms with Crippen LogP contribution in [0, 0.1) is 5.92 Å². The Morgan fingerprint density at radius 2 is 1.81 bits per heavy atom. The molecule has 2 aliphatic rings. The second-order valence-corrected chi connectivity index (χ2v) is 10.6. The quantitative estimate of drug-likeness (QED) is 0.293. The maximum Gasteiger partial charge on any atom is 0.439 e. The molecule has 3 heterocycles. The largest absolute Gasteiger partial charge is 0.439 e. The Kier molecular flexibility index (Phi) is 6.56. The molecule has 2 aromatic heterocycles. The number of rotatable bonds is 7. The maximum atomic E-state index is 11.2. The van der Waals surface area contributed by atoms with Crippen LogP contribution in [0.15, 0.2) is 56.3 Å². The van der Waals surface area contributed by atoms with Gasteiger partial charge < -0.3 is 14.2 Å². The Balaban J connectivity index is 1.14. The number of halogens is 2. The first-order chi connectivity index (χ1) is 18.0. The summed E-state index contributed by atoms with van der Waals surface area (Å²) in [6.45, 7) is 4.36. The minimum Gasteiger partial charge on any atom is -0.373 e. The van der Waals surface area contributed by atoms with E-state index in [0.717, 1.165) is 54.9 Å². The van der Waals surface area contributed by atoms with Crippen LogP contribution in [0.25, 0.3) is 22.6 Å². The minimum absolute atomic E-state index is 0.104. The molecule has 1 saturated carbocycles. The van der Waals surface area contributed by atoms with E-state index in [1.54, 1.807) is 0 Å². The second-order valence-electron chi connectivity index (χ2n) is 9.80. The minimum atomic E-state index is -0.562. The zero-order chi connectivity index (χ0) is 25.5. The van der Waals surface area contributed by atoms with Crippen molar-refractivity contribution in [1.29, 1.82) is 0 Å². The third-order valence-corrected chi connectivity index (χ3v) is 7.81. The highest BCUT2D eigenvalue weighted by atomic mass is 35.5. The molecule has 1 saturated heterocycles. The van der Waals surface area contributed by atoms with Gasteiger partial charge in [-0.3, -0.25) is 9.51 Å². The third-order valence-electron chi connectivity index (χ3n) is 7.18. The predicted molar refractivity (Wildman–Crippen MR) is 141 cm³/mol. The molecule has 0 unspecified atom stereocenters. The lowest BCUT2D eigenvalue weighted by molar-refractivity contribution is -0.00534. The van der Waals surface area contributed by atoms with Crippen LogP contribution in [0.4, 0.5) is 5.69 Å².